The van der Waals surface area contributed by atoms with E-state index >= 15 is 0 Å². The third-order valence-corrected chi connectivity index (χ3v) is 2.18. The van der Waals surface area contributed by atoms with Crippen LogP contribution < -0.4 is 10.9 Å². The first-order chi connectivity index (χ1) is 6.15. The lowest BCUT2D eigenvalue weighted by atomic mass is 10.4. The second-order valence-electron chi connectivity index (χ2n) is 2.17. The molecule has 0 atom stereocenters. The molecular weight excluding hydrogens is 381 g/mol. The molecule has 0 saturated carbocycles. The molecule has 1 heterocycles. The Hall–Kier alpha value is 0.01000. The molecule has 0 aliphatic carbocycles. The Morgan fingerprint density at radius 3 is 2.86 bits per heavy atom. The topological polar surface area (TPSA) is 51.4 Å². The van der Waals surface area contributed by atoms with Gasteiger partial charge in [-0.25, -0.2) is 15.8 Å². The van der Waals surface area contributed by atoms with Crippen LogP contribution in [0.2, 0.25) is 0 Å². The summed E-state index contributed by atoms with van der Waals surface area (Å²) < 4.78 is 5.66. The van der Waals surface area contributed by atoms with Crippen molar-refractivity contribution in [2.45, 2.75) is 0 Å². The summed E-state index contributed by atoms with van der Waals surface area (Å²) in [6.45, 7) is 0. The fourth-order valence-corrected chi connectivity index (χ4v) is 1.13. The molecule has 0 fully saturated rings. The first-order valence-corrected chi connectivity index (χ1v) is 4.59. The van der Waals surface area contributed by atoms with Gasteiger partial charge < -0.3 is 4.74 Å². The van der Waals surface area contributed by atoms with Crippen molar-refractivity contribution in [3.63, 3.8) is 0 Å². The van der Waals surface area contributed by atoms with Crippen LogP contribution in [0.25, 0.3) is 0 Å². The van der Waals surface area contributed by atoms with Crippen LogP contribution in [-0.2, 0) is 4.74 Å². The summed E-state index contributed by atoms with van der Waals surface area (Å²) >= 11 is 8.12. The van der Waals surface area contributed by atoms with Gasteiger partial charge in [0.05, 0.1) is 7.11 Å². The highest BCUT2D eigenvalue weighted by Crippen LogP contribution is 2.15. The van der Waals surface area contributed by atoms with Gasteiger partial charge in [-0.1, -0.05) is 15.9 Å². The standard InChI is InChI=1S/C7H8BrN3OS.HI/c1-12-7(13)11(9)6-4-5(8)2-3-10-6;/h2-4H,9H2,1H3;1H. The van der Waals surface area contributed by atoms with Crippen molar-refractivity contribution in [1.29, 1.82) is 0 Å². The number of hydrazine groups is 1. The largest absolute Gasteiger partial charge is 0.473 e. The summed E-state index contributed by atoms with van der Waals surface area (Å²) in [5.41, 5.74) is 0. The number of nitrogens with two attached hydrogens (primary N) is 1. The summed E-state index contributed by atoms with van der Waals surface area (Å²) in [7, 11) is 1.46. The van der Waals surface area contributed by atoms with Gasteiger partial charge in [0, 0.05) is 10.7 Å². The highest BCUT2D eigenvalue weighted by atomic mass is 127. The van der Waals surface area contributed by atoms with Gasteiger partial charge in [0.15, 0.2) is 5.82 Å². The van der Waals surface area contributed by atoms with E-state index in [0.29, 0.717) is 5.82 Å². The molecule has 0 radical (unpaired) electrons. The van der Waals surface area contributed by atoms with E-state index in [-0.39, 0.29) is 29.2 Å². The van der Waals surface area contributed by atoms with Crippen LogP contribution in [-0.4, -0.2) is 17.3 Å². The van der Waals surface area contributed by atoms with Crippen LogP contribution in [0.4, 0.5) is 5.82 Å². The Morgan fingerprint density at radius 2 is 2.36 bits per heavy atom. The lowest BCUT2D eigenvalue weighted by molar-refractivity contribution is 0.403. The van der Waals surface area contributed by atoms with Gasteiger partial charge in [-0.05, 0) is 24.4 Å². The second-order valence-corrected chi connectivity index (χ2v) is 3.44. The van der Waals surface area contributed by atoms with E-state index in [1.165, 1.54) is 12.1 Å². The fourth-order valence-electron chi connectivity index (χ4n) is 0.717. The van der Waals surface area contributed by atoms with Gasteiger partial charge in [0.25, 0.3) is 5.17 Å². The van der Waals surface area contributed by atoms with Crippen LogP contribution in [0, 0.1) is 0 Å². The predicted molar refractivity (Wildman–Crippen MR) is 73.6 cm³/mol. The Morgan fingerprint density at radius 1 is 1.71 bits per heavy atom. The Balaban J connectivity index is 0.00000169. The molecule has 0 aliphatic rings. The summed E-state index contributed by atoms with van der Waals surface area (Å²) in [6, 6.07) is 3.54. The number of nitrogens with zero attached hydrogens (tertiary/aromatic N) is 2. The molecule has 1 aromatic heterocycles. The minimum absolute atomic E-state index is 0. The molecule has 1 rings (SSSR count). The van der Waals surface area contributed by atoms with Gasteiger partial charge in [-0.15, -0.1) is 24.0 Å². The SMILES string of the molecule is COC(=S)N(N)c1cc(Br)ccn1.I. The molecule has 7 heteroatoms. The quantitative estimate of drug-likeness (QED) is 0.345. The van der Waals surface area contributed by atoms with Crippen LogP contribution in [0.15, 0.2) is 22.8 Å². The van der Waals surface area contributed by atoms with Gasteiger partial charge in [0.2, 0.25) is 0 Å². The maximum absolute atomic E-state index is 5.60. The number of aromatic nitrogens is 1. The third-order valence-electron chi connectivity index (χ3n) is 1.33. The first kappa shape index (κ1) is 14.0. The van der Waals surface area contributed by atoms with Crippen molar-refractivity contribution in [3.8, 4) is 0 Å². The maximum Gasteiger partial charge on any atom is 0.279 e. The van der Waals surface area contributed by atoms with Crippen molar-refractivity contribution < 1.29 is 4.74 Å². The van der Waals surface area contributed by atoms with E-state index in [0.717, 1.165) is 4.47 Å². The zero-order chi connectivity index (χ0) is 9.84. The number of hydrogen-bond donors (Lipinski definition) is 1. The molecular formula is C7H9BrIN3OS. The summed E-state index contributed by atoms with van der Waals surface area (Å²) in [4.78, 5) is 4.01. The van der Waals surface area contributed by atoms with Gasteiger partial charge >= 0.3 is 0 Å². The molecule has 0 saturated heterocycles. The molecule has 0 amide bonds. The number of rotatable bonds is 1. The van der Waals surface area contributed by atoms with Crippen LogP contribution in [0.3, 0.4) is 0 Å². The molecule has 78 valence electrons. The predicted octanol–water partition coefficient (Wildman–Crippen LogP) is 2.07. The molecule has 1 aromatic rings. The zero-order valence-electron chi connectivity index (χ0n) is 7.31. The normalized spacial score (nSPS) is 8.79. The lowest BCUT2D eigenvalue weighted by Gasteiger charge is -2.16. The van der Waals surface area contributed by atoms with Crippen LogP contribution in [0.1, 0.15) is 0 Å². The number of halogens is 2. The van der Waals surface area contributed by atoms with E-state index in [4.69, 9.17) is 22.8 Å². The molecule has 0 aromatic carbocycles. The lowest BCUT2D eigenvalue weighted by Crippen LogP contribution is -2.37. The molecule has 0 unspecified atom stereocenters. The van der Waals surface area contributed by atoms with E-state index < -0.39 is 0 Å². The molecule has 2 N–H and O–H groups in total. The molecule has 0 aliphatic heterocycles. The van der Waals surface area contributed by atoms with Gasteiger partial charge in [-0.3, -0.25) is 0 Å². The van der Waals surface area contributed by atoms with Crippen molar-refractivity contribution >= 4 is 63.1 Å². The number of hydrogen-bond acceptors (Lipinski definition) is 4. The van der Waals surface area contributed by atoms with E-state index in [9.17, 15) is 0 Å². The average Bonchev–Trinajstić information content (AvgIpc) is 2.15. The number of anilines is 1. The minimum atomic E-state index is 0. The van der Waals surface area contributed by atoms with Crippen LogP contribution >= 0.6 is 52.1 Å². The maximum atomic E-state index is 5.60. The van der Waals surface area contributed by atoms with E-state index in [1.54, 1.807) is 18.3 Å². The molecule has 4 nitrogen and oxygen atoms in total. The van der Waals surface area contributed by atoms with Crippen molar-refractivity contribution in [2.24, 2.45) is 5.84 Å². The smallest absolute Gasteiger partial charge is 0.279 e. The zero-order valence-corrected chi connectivity index (χ0v) is 12.0. The van der Waals surface area contributed by atoms with Gasteiger partial charge in [-0.2, -0.15) is 0 Å². The number of pyridine rings is 1. The Kier molecular flexibility index (Phi) is 6.49. The van der Waals surface area contributed by atoms with Crippen molar-refractivity contribution in [3.05, 3.63) is 22.8 Å². The van der Waals surface area contributed by atoms with Crippen molar-refractivity contribution in [2.75, 3.05) is 12.1 Å². The first-order valence-electron chi connectivity index (χ1n) is 3.39. The third kappa shape index (κ3) is 3.64. The van der Waals surface area contributed by atoms with E-state index in [2.05, 4.69) is 20.9 Å². The monoisotopic (exact) mass is 389 g/mol. The Labute approximate surface area is 113 Å². The highest BCUT2D eigenvalue weighted by molar-refractivity contribution is 14.0. The fraction of sp³-hybridized carbons (Fsp3) is 0.143. The molecule has 14 heavy (non-hydrogen) atoms. The summed E-state index contributed by atoms with van der Waals surface area (Å²) in [6.07, 6.45) is 1.62. The van der Waals surface area contributed by atoms with Gasteiger partial charge in [0.1, 0.15) is 0 Å². The molecule has 0 bridgehead atoms. The second kappa shape index (κ2) is 6.49. The molecule has 0 spiro atoms. The van der Waals surface area contributed by atoms with Crippen LogP contribution in [0.5, 0.6) is 0 Å². The summed E-state index contributed by atoms with van der Waals surface area (Å²) in [5.74, 6) is 6.13. The number of thiocarbonyl (C=S) groups is 1. The number of methoxy groups -OCH3 is 1. The van der Waals surface area contributed by atoms with E-state index in [1.807, 2.05) is 0 Å². The average molecular weight is 390 g/mol. The number of ether oxygens (including phenoxy) is 1. The summed E-state index contributed by atoms with van der Waals surface area (Å²) in [5, 5.41) is 1.37. The Bertz CT molecular complexity index is 326. The minimum Gasteiger partial charge on any atom is -0.473 e. The highest BCUT2D eigenvalue weighted by Gasteiger charge is 2.08. The van der Waals surface area contributed by atoms with Crippen molar-refractivity contribution in [1.82, 2.24) is 4.98 Å².